The zero-order valence-corrected chi connectivity index (χ0v) is 14.6. The van der Waals surface area contributed by atoms with Crippen molar-refractivity contribution in [2.45, 2.75) is 72.0 Å². The Morgan fingerprint density at radius 2 is 1.82 bits per heavy atom. The molecule has 1 aliphatic rings. The van der Waals surface area contributed by atoms with Crippen molar-refractivity contribution >= 4 is 0 Å². The largest absolute Gasteiger partial charge is 0.389 e. The van der Waals surface area contributed by atoms with E-state index in [4.69, 9.17) is 0 Å². The maximum Gasteiger partial charge on any atom is 0.0761 e. The first-order chi connectivity index (χ1) is 10.3. The standard InChI is InChI=1S/C20H32O2/c1-14(2)18-10-9-15(3)7-6-8-16(4)11-19(21)12-17(5)20(22)13-18/h8-9,12,18-22H,1,6-7,10-11,13H2,2-5H3/b15-9-,16-8+,17-12+/t18-,19-,20+/m0/s1. The molecule has 0 fully saturated rings. The molecular weight excluding hydrogens is 272 g/mol. The fourth-order valence-corrected chi connectivity index (χ4v) is 2.83. The lowest BCUT2D eigenvalue weighted by Gasteiger charge is -2.21. The van der Waals surface area contributed by atoms with Gasteiger partial charge in [0.25, 0.3) is 0 Å². The molecule has 2 heteroatoms. The van der Waals surface area contributed by atoms with Gasteiger partial charge in [-0.2, -0.15) is 0 Å². The minimum Gasteiger partial charge on any atom is -0.389 e. The summed E-state index contributed by atoms with van der Waals surface area (Å²) in [6.45, 7) is 12.2. The number of hydrogen-bond acceptors (Lipinski definition) is 2. The van der Waals surface area contributed by atoms with Gasteiger partial charge >= 0.3 is 0 Å². The molecule has 124 valence electrons. The van der Waals surface area contributed by atoms with Crippen molar-refractivity contribution in [3.63, 3.8) is 0 Å². The first kappa shape index (κ1) is 18.9. The molecule has 0 heterocycles. The van der Waals surface area contributed by atoms with E-state index in [1.165, 1.54) is 11.1 Å². The third kappa shape index (κ3) is 6.76. The normalized spacial score (nSPS) is 36.1. The predicted octanol–water partition coefficient (Wildman–Crippen LogP) is 4.70. The minimum absolute atomic E-state index is 0.283. The quantitative estimate of drug-likeness (QED) is 0.689. The van der Waals surface area contributed by atoms with Crippen LogP contribution in [0.1, 0.15) is 59.8 Å². The van der Waals surface area contributed by atoms with Crippen molar-refractivity contribution < 1.29 is 10.2 Å². The number of rotatable bonds is 1. The second kappa shape index (κ2) is 9.12. The molecule has 0 saturated heterocycles. The fraction of sp³-hybridized carbons (Fsp3) is 0.600. The molecule has 0 amide bonds. The van der Waals surface area contributed by atoms with Crippen LogP contribution in [0, 0.1) is 5.92 Å². The van der Waals surface area contributed by atoms with Crippen LogP contribution in [0.5, 0.6) is 0 Å². The van der Waals surface area contributed by atoms with Crippen LogP contribution in [-0.4, -0.2) is 22.4 Å². The predicted molar refractivity (Wildman–Crippen MR) is 94.7 cm³/mol. The summed E-state index contributed by atoms with van der Waals surface area (Å²) in [6.07, 6.45) is 9.56. The number of allylic oxidation sites excluding steroid dienone is 4. The van der Waals surface area contributed by atoms with E-state index in [1.807, 2.05) is 13.8 Å². The van der Waals surface area contributed by atoms with Gasteiger partial charge in [0.15, 0.2) is 0 Å². The highest BCUT2D eigenvalue weighted by Gasteiger charge is 2.17. The Hall–Kier alpha value is -1.12. The zero-order chi connectivity index (χ0) is 16.7. The molecular formula is C20H32O2. The maximum atomic E-state index is 10.4. The molecule has 0 aliphatic heterocycles. The van der Waals surface area contributed by atoms with Crippen LogP contribution in [-0.2, 0) is 0 Å². The van der Waals surface area contributed by atoms with Gasteiger partial charge in [-0.25, -0.2) is 0 Å². The van der Waals surface area contributed by atoms with Gasteiger partial charge in [-0.1, -0.05) is 41.5 Å². The summed E-state index contributed by atoms with van der Waals surface area (Å²) in [5.74, 6) is 0.283. The van der Waals surface area contributed by atoms with Gasteiger partial charge in [0.2, 0.25) is 0 Å². The summed E-state index contributed by atoms with van der Waals surface area (Å²) < 4.78 is 0. The summed E-state index contributed by atoms with van der Waals surface area (Å²) >= 11 is 0. The lowest BCUT2D eigenvalue weighted by Crippen LogP contribution is -2.17. The number of aliphatic hydroxyl groups excluding tert-OH is 2. The van der Waals surface area contributed by atoms with E-state index in [-0.39, 0.29) is 5.92 Å². The van der Waals surface area contributed by atoms with Crippen molar-refractivity contribution in [3.05, 3.63) is 47.1 Å². The highest BCUT2D eigenvalue weighted by molar-refractivity contribution is 5.14. The van der Waals surface area contributed by atoms with Gasteiger partial charge in [-0.05, 0) is 71.3 Å². The average Bonchev–Trinajstić information content (AvgIpc) is 2.41. The summed E-state index contributed by atoms with van der Waals surface area (Å²) in [7, 11) is 0. The summed E-state index contributed by atoms with van der Waals surface area (Å²) in [5.41, 5.74) is 4.55. The van der Waals surface area contributed by atoms with Crippen LogP contribution in [0.15, 0.2) is 47.1 Å². The van der Waals surface area contributed by atoms with Crippen molar-refractivity contribution in [2.75, 3.05) is 0 Å². The first-order valence-electron chi connectivity index (χ1n) is 8.30. The van der Waals surface area contributed by atoms with Crippen LogP contribution in [0.4, 0.5) is 0 Å². The Morgan fingerprint density at radius 1 is 1.14 bits per heavy atom. The molecule has 22 heavy (non-hydrogen) atoms. The van der Waals surface area contributed by atoms with Crippen LogP contribution >= 0.6 is 0 Å². The van der Waals surface area contributed by atoms with Gasteiger partial charge in [-0.3, -0.25) is 0 Å². The number of hydrogen-bond donors (Lipinski definition) is 2. The topological polar surface area (TPSA) is 40.5 Å². The maximum absolute atomic E-state index is 10.4. The molecule has 0 unspecified atom stereocenters. The Morgan fingerprint density at radius 3 is 2.45 bits per heavy atom. The molecule has 0 aromatic carbocycles. The molecule has 0 aromatic rings. The molecule has 0 spiro atoms. The Bertz CT molecular complexity index is 468. The SMILES string of the molecule is C=C(C)[C@H]1C/C=C(/C)CC/C=C(\C)C[C@H](O)/C=C(\C)[C@H](O)C1. The lowest BCUT2D eigenvalue weighted by molar-refractivity contribution is 0.176. The van der Waals surface area contributed by atoms with Crippen LogP contribution in [0.25, 0.3) is 0 Å². The smallest absolute Gasteiger partial charge is 0.0761 e. The highest BCUT2D eigenvalue weighted by Crippen LogP contribution is 2.25. The van der Waals surface area contributed by atoms with Gasteiger partial charge in [0.05, 0.1) is 12.2 Å². The zero-order valence-electron chi connectivity index (χ0n) is 14.6. The summed E-state index contributed by atoms with van der Waals surface area (Å²) in [6, 6.07) is 0. The van der Waals surface area contributed by atoms with Crippen molar-refractivity contribution in [3.8, 4) is 0 Å². The second-order valence-corrected chi connectivity index (χ2v) is 6.85. The molecule has 2 N–H and O–H groups in total. The first-order valence-corrected chi connectivity index (χ1v) is 8.30. The molecule has 0 aromatic heterocycles. The molecule has 1 aliphatic carbocycles. The Balaban J connectivity index is 2.98. The van der Waals surface area contributed by atoms with E-state index in [9.17, 15) is 10.2 Å². The Labute approximate surface area is 135 Å². The molecule has 3 atom stereocenters. The third-order valence-corrected chi connectivity index (χ3v) is 4.50. The van der Waals surface area contributed by atoms with Gasteiger partial charge in [0.1, 0.15) is 0 Å². The van der Waals surface area contributed by atoms with Crippen molar-refractivity contribution in [2.24, 2.45) is 5.92 Å². The average molecular weight is 304 g/mol. The molecule has 1 rings (SSSR count). The van der Waals surface area contributed by atoms with Gasteiger partial charge in [0, 0.05) is 0 Å². The molecule has 0 radical (unpaired) electrons. The van der Waals surface area contributed by atoms with Crippen LogP contribution in [0.3, 0.4) is 0 Å². The van der Waals surface area contributed by atoms with Crippen LogP contribution in [0.2, 0.25) is 0 Å². The van der Waals surface area contributed by atoms with E-state index in [2.05, 4.69) is 32.6 Å². The van der Waals surface area contributed by atoms with E-state index >= 15 is 0 Å². The monoisotopic (exact) mass is 304 g/mol. The van der Waals surface area contributed by atoms with Crippen molar-refractivity contribution in [1.82, 2.24) is 0 Å². The highest BCUT2D eigenvalue weighted by atomic mass is 16.3. The molecule has 0 saturated carbocycles. The lowest BCUT2D eigenvalue weighted by atomic mass is 9.88. The van der Waals surface area contributed by atoms with E-state index in [0.29, 0.717) is 12.8 Å². The van der Waals surface area contributed by atoms with E-state index in [0.717, 1.165) is 30.4 Å². The van der Waals surface area contributed by atoms with E-state index in [1.54, 1.807) is 6.08 Å². The minimum atomic E-state index is -0.520. The second-order valence-electron chi connectivity index (χ2n) is 6.85. The third-order valence-electron chi connectivity index (χ3n) is 4.50. The summed E-state index contributed by atoms with van der Waals surface area (Å²) in [5, 5.41) is 20.5. The summed E-state index contributed by atoms with van der Waals surface area (Å²) in [4.78, 5) is 0. The molecule has 2 nitrogen and oxygen atoms in total. The van der Waals surface area contributed by atoms with Crippen molar-refractivity contribution in [1.29, 1.82) is 0 Å². The van der Waals surface area contributed by atoms with Gasteiger partial charge < -0.3 is 10.2 Å². The number of aliphatic hydroxyl groups is 2. The fourth-order valence-electron chi connectivity index (χ4n) is 2.83. The van der Waals surface area contributed by atoms with Crippen LogP contribution < -0.4 is 0 Å². The molecule has 0 bridgehead atoms. The van der Waals surface area contributed by atoms with E-state index < -0.39 is 12.2 Å². The Kier molecular flexibility index (Phi) is 7.84. The van der Waals surface area contributed by atoms with Gasteiger partial charge in [-0.15, -0.1) is 0 Å².